The van der Waals surface area contributed by atoms with Gasteiger partial charge in [0, 0.05) is 42.2 Å². The number of ether oxygens (including phenoxy) is 1. The molecule has 2 N–H and O–H groups in total. The van der Waals surface area contributed by atoms with Crippen molar-refractivity contribution in [2.45, 2.75) is 0 Å². The molecule has 3 aromatic heterocycles. The standard InChI is InChI=1S/C24H15F2N5O2/c1-31-12-19(23-18(24(31)32)8-16(9-27)30-23)17-6-13(14-10-28-29-11-14)2-4-21(17)33-22-5-3-15(25)7-20(22)26/h2-8,10-12,30H,1H3,(H,28,29). The molecule has 0 saturated carbocycles. The van der Waals surface area contributed by atoms with Gasteiger partial charge in [0.2, 0.25) is 0 Å². The number of pyridine rings is 1. The van der Waals surface area contributed by atoms with Crippen LogP contribution in [0.2, 0.25) is 0 Å². The summed E-state index contributed by atoms with van der Waals surface area (Å²) in [5.41, 5.74) is 3.10. The first-order chi connectivity index (χ1) is 15.9. The van der Waals surface area contributed by atoms with Crippen LogP contribution in [-0.4, -0.2) is 19.7 Å². The number of hydrogen-bond donors (Lipinski definition) is 2. The van der Waals surface area contributed by atoms with Crippen LogP contribution in [0.5, 0.6) is 11.5 Å². The van der Waals surface area contributed by atoms with Gasteiger partial charge in [-0.25, -0.2) is 8.78 Å². The summed E-state index contributed by atoms with van der Waals surface area (Å²) in [6, 6.07) is 11.8. The Kier molecular flexibility index (Phi) is 4.75. The predicted octanol–water partition coefficient (Wildman–Crippen LogP) is 4.87. The van der Waals surface area contributed by atoms with Gasteiger partial charge in [-0.2, -0.15) is 10.4 Å². The first-order valence-corrected chi connectivity index (χ1v) is 9.83. The molecule has 0 amide bonds. The fraction of sp³-hybridized carbons (Fsp3) is 0.0417. The minimum absolute atomic E-state index is 0.154. The second-order valence-electron chi connectivity index (χ2n) is 7.42. The van der Waals surface area contributed by atoms with Crippen molar-refractivity contribution in [3.63, 3.8) is 0 Å². The number of nitriles is 1. The fourth-order valence-electron chi connectivity index (χ4n) is 3.70. The number of aromatic nitrogens is 4. The minimum Gasteiger partial charge on any atom is -0.454 e. The van der Waals surface area contributed by atoms with E-state index >= 15 is 0 Å². The second kappa shape index (κ2) is 7.76. The molecule has 0 atom stereocenters. The molecule has 0 radical (unpaired) electrons. The lowest BCUT2D eigenvalue weighted by molar-refractivity contribution is 0.439. The van der Waals surface area contributed by atoms with Gasteiger partial charge in [-0.1, -0.05) is 6.07 Å². The average Bonchev–Trinajstić information content (AvgIpc) is 3.49. The van der Waals surface area contributed by atoms with Crippen molar-refractivity contribution in [3.8, 4) is 39.8 Å². The van der Waals surface area contributed by atoms with E-state index in [0.717, 1.165) is 23.3 Å². The van der Waals surface area contributed by atoms with Crippen molar-refractivity contribution in [1.82, 2.24) is 19.7 Å². The van der Waals surface area contributed by atoms with Crippen LogP contribution in [0, 0.1) is 23.0 Å². The first kappa shape index (κ1) is 20.2. The summed E-state index contributed by atoms with van der Waals surface area (Å²) in [6.07, 6.45) is 4.99. The Balaban J connectivity index is 1.77. The van der Waals surface area contributed by atoms with Crippen LogP contribution in [0.1, 0.15) is 5.69 Å². The molecule has 0 unspecified atom stereocenters. The molecule has 0 saturated heterocycles. The molecule has 5 aromatic rings. The number of aryl methyl sites for hydroxylation is 1. The van der Waals surface area contributed by atoms with Gasteiger partial charge in [0.15, 0.2) is 11.6 Å². The fourth-order valence-corrected chi connectivity index (χ4v) is 3.70. The number of nitrogens with one attached hydrogen (secondary N) is 2. The van der Waals surface area contributed by atoms with Gasteiger partial charge < -0.3 is 14.3 Å². The monoisotopic (exact) mass is 443 g/mol. The largest absolute Gasteiger partial charge is 0.454 e. The molecule has 0 aliphatic carbocycles. The zero-order valence-corrected chi connectivity index (χ0v) is 17.2. The van der Waals surface area contributed by atoms with Gasteiger partial charge in [0.05, 0.1) is 17.1 Å². The molecule has 0 spiro atoms. The topological polar surface area (TPSA) is 99.5 Å². The summed E-state index contributed by atoms with van der Waals surface area (Å²) in [5.74, 6) is -1.44. The van der Waals surface area contributed by atoms with E-state index in [9.17, 15) is 18.8 Å². The van der Waals surface area contributed by atoms with Crippen LogP contribution in [-0.2, 0) is 7.05 Å². The number of aromatic amines is 2. The van der Waals surface area contributed by atoms with E-state index in [1.807, 2.05) is 12.1 Å². The minimum atomic E-state index is -0.850. The zero-order chi connectivity index (χ0) is 23.1. The Morgan fingerprint density at radius 2 is 1.88 bits per heavy atom. The predicted molar refractivity (Wildman–Crippen MR) is 118 cm³/mol. The van der Waals surface area contributed by atoms with Crippen LogP contribution < -0.4 is 10.3 Å². The lowest BCUT2D eigenvalue weighted by atomic mass is 9.99. The van der Waals surface area contributed by atoms with Crippen molar-refractivity contribution in [1.29, 1.82) is 5.26 Å². The van der Waals surface area contributed by atoms with E-state index in [0.29, 0.717) is 22.0 Å². The summed E-state index contributed by atoms with van der Waals surface area (Å²) >= 11 is 0. The zero-order valence-electron chi connectivity index (χ0n) is 17.2. The number of benzene rings is 2. The molecular formula is C24H15F2N5O2. The molecule has 0 aliphatic rings. The Morgan fingerprint density at radius 3 is 2.61 bits per heavy atom. The summed E-state index contributed by atoms with van der Waals surface area (Å²) < 4.78 is 34.9. The molecule has 2 aromatic carbocycles. The highest BCUT2D eigenvalue weighted by Crippen LogP contribution is 2.39. The Morgan fingerprint density at radius 1 is 1.06 bits per heavy atom. The van der Waals surface area contributed by atoms with Crippen molar-refractivity contribution < 1.29 is 13.5 Å². The van der Waals surface area contributed by atoms with Gasteiger partial charge in [0.25, 0.3) is 5.56 Å². The number of nitrogens with zero attached hydrogens (tertiary/aromatic N) is 3. The number of hydrogen-bond acceptors (Lipinski definition) is 4. The average molecular weight is 443 g/mol. The molecule has 7 nitrogen and oxygen atoms in total. The van der Waals surface area contributed by atoms with Crippen molar-refractivity contribution >= 4 is 10.9 Å². The van der Waals surface area contributed by atoms with E-state index in [1.54, 1.807) is 37.8 Å². The summed E-state index contributed by atoms with van der Waals surface area (Å²) in [4.78, 5) is 15.6. The SMILES string of the molecule is Cn1cc(-c2cc(-c3cn[nH]c3)ccc2Oc2ccc(F)cc2F)c2[nH]c(C#N)cc2c1=O. The van der Waals surface area contributed by atoms with Crippen LogP contribution in [0.15, 0.2) is 65.8 Å². The molecule has 33 heavy (non-hydrogen) atoms. The van der Waals surface area contributed by atoms with Crippen molar-refractivity contribution in [3.05, 3.63) is 88.7 Å². The maximum Gasteiger partial charge on any atom is 0.259 e. The van der Waals surface area contributed by atoms with E-state index in [4.69, 9.17) is 4.74 Å². The van der Waals surface area contributed by atoms with Gasteiger partial charge in [-0.05, 0) is 35.9 Å². The highest BCUT2D eigenvalue weighted by atomic mass is 19.1. The summed E-state index contributed by atoms with van der Waals surface area (Å²) in [6.45, 7) is 0. The highest BCUT2D eigenvalue weighted by Gasteiger charge is 2.18. The molecule has 0 bridgehead atoms. The Bertz CT molecular complexity index is 1610. The van der Waals surface area contributed by atoms with Crippen molar-refractivity contribution in [2.75, 3.05) is 0 Å². The number of fused-ring (bicyclic) bond motifs is 1. The Hall–Kier alpha value is -4.71. The normalized spacial score (nSPS) is 11.0. The summed E-state index contributed by atoms with van der Waals surface area (Å²) in [5, 5.41) is 16.4. The first-order valence-electron chi connectivity index (χ1n) is 9.83. The quantitative estimate of drug-likeness (QED) is 0.414. The molecule has 9 heteroatoms. The molecule has 5 rings (SSSR count). The van der Waals surface area contributed by atoms with Crippen molar-refractivity contribution in [2.24, 2.45) is 7.05 Å². The van der Waals surface area contributed by atoms with Crippen LogP contribution >= 0.6 is 0 Å². The maximum absolute atomic E-state index is 14.3. The second-order valence-corrected chi connectivity index (χ2v) is 7.42. The third-order valence-electron chi connectivity index (χ3n) is 5.30. The molecule has 3 heterocycles. The van der Waals surface area contributed by atoms with E-state index in [-0.39, 0.29) is 22.8 Å². The van der Waals surface area contributed by atoms with E-state index in [2.05, 4.69) is 15.2 Å². The molecule has 0 fully saturated rings. The number of halogens is 2. The number of H-pyrrole nitrogens is 2. The van der Waals surface area contributed by atoms with Gasteiger partial charge in [-0.15, -0.1) is 0 Å². The highest BCUT2D eigenvalue weighted by molar-refractivity contribution is 5.96. The van der Waals surface area contributed by atoms with Crippen LogP contribution in [0.3, 0.4) is 0 Å². The maximum atomic E-state index is 14.3. The number of rotatable bonds is 4. The van der Waals surface area contributed by atoms with Crippen LogP contribution in [0.25, 0.3) is 33.2 Å². The lowest BCUT2D eigenvalue weighted by Gasteiger charge is -2.15. The lowest BCUT2D eigenvalue weighted by Crippen LogP contribution is -2.16. The van der Waals surface area contributed by atoms with Gasteiger partial charge in [0.1, 0.15) is 23.3 Å². The smallest absolute Gasteiger partial charge is 0.259 e. The third kappa shape index (κ3) is 3.53. The van der Waals surface area contributed by atoms with Gasteiger partial charge in [-0.3, -0.25) is 9.89 Å². The van der Waals surface area contributed by atoms with E-state index < -0.39 is 11.6 Å². The molecular weight excluding hydrogens is 428 g/mol. The third-order valence-corrected chi connectivity index (χ3v) is 5.30. The Labute approximate surface area is 185 Å². The molecule has 0 aliphatic heterocycles. The summed E-state index contributed by atoms with van der Waals surface area (Å²) in [7, 11) is 1.60. The van der Waals surface area contributed by atoms with E-state index in [1.165, 1.54) is 16.7 Å². The molecule has 162 valence electrons. The van der Waals surface area contributed by atoms with Crippen LogP contribution in [0.4, 0.5) is 8.78 Å². The van der Waals surface area contributed by atoms with Gasteiger partial charge >= 0.3 is 0 Å².